The van der Waals surface area contributed by atoms with Crippen LogP contribution in [0.4, 0.5) is 0 Å². The first-order chi connectivity index (χ1) is 42.3. The SMILES string of the molecule is CCCCCCCCCCCCC(CCCCCCCCCC)COc1ccc(-c2cc(-c3cc4sc(Br)cc4s3)c(-c3ccc(OCC(CCCCCCCCCC)CCCCCCCCCCCC)cc3)cc2-c2cc3sc(Br)cc3s2)cc1. The summed E-state index contributed by atoms with van der Waals surface area (Å²) in [7, 11) is 0. The van der Waals surface area contributed by atoms with Crippen LogP contribution in [-0.4, -0.2) is 13.2 Å². The van der Waals surface area contributed by atoms with Crippen molar-refractivity contribution >= 4 is 96.0 Å². The Balaban J connectivity index is 1.08. The maximum absolute atomic E-state index is 6.80. The highest BCUT2D eigenvalue weighted by Gasteiger charge is 2.21. The summed E-state index contributed by atoms with van der Waals surface area (Å²) in [5, 5.41) is 0. The minimum atomic E-state index is 0.612. The van der Waals surface area contributed by atoms with E-state index in [-0.39, 0.29) is 0 Å². The second kappa shape index (κ2) is 42.6. The van der Waals surface area contributed by atoms with E-state index in [1.54, 1.807) is 0 Å². The van der Waals surface area contributed by atoms with Gasteiger partial charge < -0.3 is 9.47 Å². The Labute approximate surface area is 557 Å². The molecule has 0 N–H and O–H groups in total. The Bertz CT molecular complexity index is 2600. The number of thiophene rings is 4. The van der Waals surface area contributed by atoms with Gasteiger partial charge in [0.25, 0.3) is 0 Å². The molecule has 0 saturated heterocycles. The summed E-state index contributed by atoms with van der Waals surface area (Å²) in [6.45, 7) is 10.9. The van der Waals surface area contributed by atoms with E-state index in [4.69, 9.17) is 9.47 Å². The van der Waals surface area contributed by atoms with Gasteiger partial charge in [-0.2, -0.15) is 0 Å². The predicted octanol–water partition coefficient (Wildman–Crippen LogP) is 30.1. The molecule has 0 fully saturated rings. The Morgan fingerprint density at radius 3 is 0.814 bits per heavy atom. The van der Waals surface area contributed by atoms with Crippen LogP contribution >= 0.6 is 77.2 Å². The molecule has 2 atom stereocenters. The van der Waals surface area contributed by atoms with Crippen LogP contribution in [0.5, 0.6) is 11.5 Å². The number of hydrogen-bond donors (Lipinski definition) is 0. The summed E-state index contributed by atoms with van der Waals surface area (Å²) >= 11 is 15.1. The zero-order valence-corrected chi connectivity index (χ0v) is 60.6. The Kier molecular flexibility index (Phi) is 35.1. The first-order valence-corrected chi connectivity index (χ1v) is 40.2. The lowest BCUT2D eigenvalue weighted by Gasteiger charge is -2.19. The zero-order chi connectivity index (χ0) is 60.2. The van der Waals surface area contributed by atoms with Crippen molar-refractivity contribution in [1.82, 2.24) is 0 Å². The molecule has 4 heterocycles. The molecule has 0 amide bonds. The third-order valence-electron chi connectivity index (χ3n) is 18.2. The monoisotopic (exact) mass is 1370 g/mol. The fraction of sp³-hybridized carbons (Fsp3) is 0.615. The normalized spacial score (nSPS) is 12.5. The molecule has 0 radical (unpaired) electrons. The smallest absolute Gasteiger partial charge is 0.119 e. The summed E-state index contributed by atoms with van der Waals surface area (Å²) in [6, 6.07) is 32.8. The Hall–Kier alpha value is -2.46. The largest absolute Gasteiger partial charge is 0.493 e. The van der Waals surface area contributed by atoms with Crippen molar-refractivity contribution in [2.24, 2.45) is 11.8 Å². The first-order valence-electron chi connectivity index (χ1n) is 35.4. The lowest BCUT2D eigenvalue weighted by molar-refractivity contribution is 0.224. The van der Waals surface area contributed by atoms with Crippen molar-refractivity contribution in [2.75, 3.05) is 13.2 Å². The molecule has 8 heteroatoms. The molecule has 2 unspecified atom stereocenters. The standard InChI is InChI=1S/C78H112Br2O2S4/c1-5-9-13-17-21-25-27-31-35-39-43-61(41-37-33-29-23-19-15-11-7-3)59-81-65-49-45-63(46-50-65)67-53-70(72-56-74-76(84-72)58-78(80)86-74)68(54-69(67)71-55-73-75(83-71)57-77(79)85-73)64-47-51-66(52-48-64)82-60-62(42-38-34-30-24-20-16-12-8-4)44-40-36-32-28-26-22-18-14-10-6-2/h45-58,61-62H,5-44,59-60H2,1-4H3. The maximum atomic E-state index is 6.80. The first kappa shape index (κ1) is 71.0. The lowest BCUT2D eigenvalue weighted by atomic mass is 9.89. The number of benzene rings is 3. The molecule has 0 spiro atoms. The van der Waals surface area contributed by atoms with Gasteiger partial charge in [-0.3, -0.25) is 0 Å². The molecule has 4 aromatic heterocycles. The fourth-order valence-corrected chi connectivity index (χ4v) is 19.0. The average Bonchev–Trinajstić information content (AvgIpc) is 1.59. The lowest BCUT2D eigenvalue weighted by Crippen LogP contribution is -2.12. The third-order valence-corrected chi connectivity index (χ3v) is 23.9. The number of halogens is 2. The van der Waals surface area contributed by atoms with Crippen LogP contribution in [-0.2, 0) is 0 Å². The molecule has 0 aliphatic carbocycles. The molecular formula is C78H112Br2O2S4. The summed E-state index contributed by atoms with van der Waals surface area (Å²) in [4.78, 5) is 2.61. The summed E-state index contributed by atoms with van der Waals surface area (Å²) < 4.78 is 21.3. The average molecular weight is 1370 g/mol. The molecule has 2 nitrogen and oxygen atoms in total. The number of unbranched alkanes of at least 4 members (excludes halogenated alkanes) is 32. The van der Waals surface area contributed by atoms with Crippen LogP contribution in [0.3, 0.4) is 0 Å². The van der Waals surface area contributed by atoms with Crippen LogP contribution in [0.15, 0.2) is 92.5 Å². The van der Waals surface area contributed by atoms with Crippen LogP contribution in [0.2, 0.25) is 0 Å². The number of rotatable bonds is 50. The number of fused-ring (bicyclic) bond motifs is 2. The highest BCUT2D eigenvalue weighted by atomic mass is 79.9. The molecule has 0 aliphatic rings. The van der Waals surface area contributed by atoms with Gasteiger partial charge in [0.1, 0.15) is 11.5 Å². The summed E-state index contributed by atoms with van der Waals surface area (Å²) in [6.07, 6.45) is 54.8. The van der Waals surface area contributed by atoms with Crippen molar-refractivity contribution in [2.45, 2.75) is 285 Å². The van der Waals surface area contributed by atoms with Gasteiger partial charge >= 0.3 is 0 Å². The number of ether oxygens (including phenoxy) is 2. The molecule has 474 valence electrons. The van der Waals surface area contributed by atoms with Gasteiger partial charge in [0, 0.05) is 39.7 Å². The van der Waals surface area contributed by atoms with Crippen molar-refractivity contribution < 1.29 is 9.47 Å². The second-order valence-electron chi connectivity index (χ2n) is 25.6. The van der Waals surface area contributed by atoms with Gasteiger partial charge in [0.05, 0.1) is 20.8 Å². The topological polar surface area (TPSA) is 18.5 Å². The van der Waals surface area contributed by atoms with Crippen molar-refractivity contribution in [1.29, 1.82) is 0 Å². The van der Waals surface area contributed by atoms with E-state index in [0.29, 0.717) is 11.8 Å². The quantitative estimate of drug-likeness (QED) is 0.0354. The van der Waals surface area contributed by atoms with Crippen molar-refractivity contribution in [3.8, 4) is 54.6 Å². The van der Waals surface area contributed by atoms with E-state index in [2.05, 4.69) is 144 Å². The van der Waals surface area contributed by atoms with E-state index in [1.807, 2.05) is 45.3 Å². The molecule has 86 heavy (non-hydrogen) atoms. The third kappa shape index (κ3) is 25.7. The molecule has 7 aromatic rings. The van der Waals surface area contributed by atoms with Crippen LogP contribution in [0.25, 0.3) is 61.9 Å². The highest BCUT2D eigenvalue weighted by molar-refractivity contribution is 9.11. The van der Waals surface area contributed by atoms with Crippen LogP contribution in [0.1, 0.15) is 285 Å². The Morgan fingerprint density at radius 1 is 0.291 bits per heavy atom. The van der Waals surface area contributed by atoms with Crippen LogP contribution < -0.4 is 9.47 Å². The van der Waals surface area contributed by atoms with Gasteiger partial charge in [0.2, 0.25) is 0 Å². The Morgan fingerprint density at radius 2 is 0.547 bits per heavy atom. The molecule has 0 saturated carbocycles. The van der Waals surface area contributed by atoms with Gasteiger partial charge in [-0.1, -0.05) is 283 Å². The molecular weight excluding hydrogens is 1260 g/mol. The summed E-state index contributed by atoms with van der Waals surface area (Å²) in [5.74, 6) is 3.20. The minimum Gasteiger partial charge on any atom is -0.493 e. The minimum absolute atomic E-state index is 0.612. The summed E-state index contributed by atoms with van der Waals surface area (Å²) in [5.41, 5.74) is 7.53. The number of hydrogen-bond acceptors (Lipinski definition) is 6. The van der Waals surface area contributed by atoms with Crippen molar-refractivity contribution in [3.63, 3.8) is 0 Å². The van der Waals surface area contributed by atoms with E-state index in [1.165, 1.54) is 326 Å². The van der Waals surface area contributed by atoms with E-state index < -0.39 is 0 Å². The zero-order valence-electron chi connectivity index (χ0n) is 54.1. The predicted molar refractivity (Wildman–Crippen MR) is 395 cm³/mol. The van der Waals surface area contributed by atoms with E-state index in [0.717, 1.165) is 24.7 Å². The van der Waals surface area contributed by atoms with Gasteiger partial charge in [0.15, 0.2) is 0 Å². The van der Waals surface area contributed by atoms with Crippen LogP contribution in [0, 0.1) is 11.8 Å². The van der Waals surface area contributed by atoms with E-state index in [9.17, 15) is 0 Å². The molecule has 7 rings (SSSR count). The molecule has 0 bridgehead atoms. The molecule has 0 aliphatic heterocycles. The molecule has 3 aromatic carbocycles. The van der Waals surface area contributed by atoms with Gasteiger partial charge in [-0.15, -0.1) is 45.3 Å². The van der Waals surface area contributed by atoms with Crippen molar-refractivity contribution in [3.05, 3.63) is 92.5 Å². The fourth-order valence-electron chi connectivity index (χ4n) is 12.8. The van der Waals surface area contributed by atoms with Gasteiger partial charge in [-0.25, -0.2) is 0 Å². The second-order valence-corrected chi connectivity index (χ2v) is 32.7. The van der Waals surface area contributed by atoms with Gasteiger partial charge in [-0.05, 0) is 152 Å². The maximum Gasteiger partial charge on any atom is 0.119 e. The highest BCUT2D eigenvalue weighted by Crippen LogP contribution is 2.50. The van der Waals surface area contributed by atoms with E-state index >= 15 is 0 Å².